The molecule has 2 rings (SSSR count). The molecule has 1 fully saturated rings. The Balaban J connectivity index is 2.53. The van der Waals surface area contributed by atoms with E-state index < -0.39 is 29.6 Å². The third kappa shape index (κ3) is 3.20. The maximum absolute atomic E-state index is 13.5. The molecule has 0 spiro atoms. The van der Waals surface area contributed by atoms with Gasteiger partial charge in [-0.15, -0.1) is 0 Å². The van der Waals surface area contributed by atoms with E-state index >= 15 is 0 Å². The van der Waals surface area contributed by atoms with Crippen molar-refractivity contribution in [1.82, 2.24) is 4.90 Å². The third-order valence-corrected chi connectivity index (χ3v) is 3.83. The van der Waals surface area contributed by atoms with Crippen LogP contribution in [-0.4, -0.2) is 28.4 Å². The number of carboxylic acid groups (broad SMARTS) is 1. The lowest BCUT2D eigenvalue weighted by atomic mass is 9.89. The van der Waals surface area contributed by atoms with Crippen LogP contribution in [0.25, 0.3) is 0 Å². The van der Waals surface area contributed by atoms with Gasteiger partial charge in [-0.2, -0.15) is 0 Å². The van der Waals surface area contributed by atoms with Crippen molar-refractivity contribution in [3.05, 3.63) is 35.4 Å². The lowest BCUT2D eigenvalue weighted by Crippen LogP contribution is -2.39. The second kappa shape index (κ2) is 6.20. The van der Waals surface area contributed by atoms with E-state index in [2.05, 4.69) is 0 Å². The number of hydrogen-bond donors (Lipinski definition) is 1. The van der Waals surface area contributed by atoms with E-state index in [-0.39, 0.29) is 17.9 Å². The second-order valence-corrected chi connectivity index (χ2v) is 5.16. The van der Waals surface area contributed by atoms with Crippen LogP contribution in [0.15, 0.2) is 18.2 Å². The monoisotopic (exact) mass is 297 g/mol. The van der Waals surface area contributed by atoms with Crippen LogP contribution in [-0.2, 0) is 9.59 Å². The number of carboxylic acids is 1. The van der Waals surface area contributed by atoms with Crippen molar-refractivity contribution in [2.45, 2.75) is 32.2 Å². The fourth-order valence-corrected chi connectivity index (χ4v) is 2.94. The first-order chi connectivity index (χ1) is 9.93. The van der Waals surface area contributed by atoms with Crippen molar-refractivity contribution in [3.8, 4) is 0 Å². The van der Waals surface area contributed by atoms with Crippen LogP contribution >= 0.6 is 0 Å². The molecule has 0 aromatic heterocycles. The van der Waals surface area contributed by atoms with E-state index in [0.29, 0.717) is 19.4 Å². The van der Waals surface area contributed by atoms with Gasteiger partial charge in [-0.1, -0.05) is 0 Å². The third-order valence-electron chi connectivity index (χ3n) is 3.83. The summed E-state index contributed by atoms with van der Waals surface area (Å²) in [5.41, 5.74) is 0.192. The van der Waals surface area contributed by atoms with E-state index in [1.54, 1.807) is 6.92 Å². The maximum Gasteiger partial charge on any atom is 0.308 e. The number of likely N-dealkylation sites (tertiary alicyclic amines) is 1. The molecule has 4 nitrogen and oxygen atoms in total. The number of benzene rings is 1. The van der Waals surface area contributed by atoms with Crippen LogP contribution in [0.2, 0.25) is 0 Å². The number of nitrogens with zero attached hydrogens (tertiary/aromatic N) is 1. The minimum atomic E-state index is -1.06. The summed E-state index contributed by atoms with van der Waals surface area (Å²) in [5, 5.41) is 9.41. The molecule has 21 heavy (non-hydrogen) atoms. The first-order valence-electron chi connectivity index (χ1n) is 6.92. The summed E-state index contributed by atoms with van der Waals surface area (Å²) in [5.74, 6) is -3.66. The fourth-order valence-electron chi connectivity index (χ4n) is 2.94. The Morgan fingerprint density at radius 2 is 1.95 bits per heavy atom. The Kier molecular flexibility index (Phi) is 4.55. The van der Waals surface area contributed by atoms with Crippen molar-refractivity contribution < 1.29 is 23.5 Å². The van der Waals surface area contributed by atoms with E-state index in [1.165, 1.54) is 4.90 Å². The number of rotatable bonds is 3. The summed E-state index contributed by atoms with van der Waals surface area (Å²) >= 11 is 0. The number of aliphatic carboxylic acids is 1. The molecule has 1 heterocycles. The smallest absolute Gasteiger partial charge is 0.308 e. The molecule has 1 aromatic rings. The van der Waals surface area contributed by atoms with E-state index in [4.69, 9.17) is 0 Å². The highest BCUT2D eigenvalue weighted by Gasteiger charge is 2.38. The van der Waals surface area contributed by atoms with Crippen LogP contribution in [0, 0.1) is 17.6 Å². The van der Waals surface area contributed by atoms with Gasteiger partial charge < -0.3 is 10.0 Å². The minimum Gasteiger partial charge on any atom is -0.481 e. The molecule has 1 aliphatic heterocycles. The van der Waals surface area contributed by atoms with Crippen molar-refractivity contribution in [2.24, 2.45) is 5.92 Å². The molecule has 1 aromatic carbocycles. The standard InChI is InChI=1S/C15H17F2NO3/c1-2-18-13(19)5-3-4-12(15(20)21)14(18)9-6-10(16)8-11(17)7-9/h6-8,12,14H,2-5H2,1H3,(H,20,21). The molecule has 2 atom stereocenters. The molecule has 6 heteroatoms. The summed E-state index contributed by atoms with van der Waals surface area (Å²) in [6, 6.07) is 2.09. The van der Waals surface area contributed by atoms with E-state index in [1.807, 2.05) is 0 Å². The predicted molar refractivity (Wildman–Crippen MR) is 71.5 cm³/mol. The van der Waals surface area contributed by atoms with Gasteiger partial charge in [0.25, 0.3) is 0 Å². The molecule has 1 aliphatic rings. The highest BCUT2D eigenvalue weighted by Crippen LogP contribution is 2.36. The quantitative estimate of drug-likeness (QED) is 0.933. The molecular weight excluding hydrogens is 280 g/mol. The number of hydrogen-bond acceptors (Lipinski definition) is 2. The van der Waals surface area contributed by atoms with Crippen molar-refractivity contribution in [2.75, 3.05) is 6.54 Å². The Hall–Kier alpha value is -1.98. The van der Waals surface area contributed by atoms with Gasteiger partial charge in [-0.25, -0.2) is 8.78 Å². The highest BCUT2D eigenvalue weighted by molar-refractivity contribution is 5.79. The predicted octanol–water partition coefficient (Wildman–Crippen LogP) is 2.74. The van der Waals surface area contributed by atoms with Crippen molar-refractivity contribution >= 4 is 11.9 Å². The average Bonchev–Trinajstić information content (AvgIpc) is 2.56. The average molecular weight is 297 g/mol. The summed E-state index contributed by atoms with van der Waals surface area (Å²) in [6.45, 7) is 2.02. The van der Waals surface area contributed by atoms with Gasteiger partial charge in [0.1, 0.15) is 11.6 Å². The molecule has 1 N–H and O–H groups in total. The second-order valence-electron chi connectivity index (χ2n) is 5.16. The van der Waals surface area contributed by atoms with Gasteiger partial charge in [-0.3, -0.25) is 9.59 Å². The molecule has 0 saturated carbocycles. The fraction of sp³-hybridized carbons (Fsp3) is 0.467. The first-order valence-corrected chi connectivity index (χ1v) is 6.92. The molecule has 0 radical (unpaired) electrons. The Bertz CT molecular complexity index is 540. The zero-order valence-electron chi connectivity index (χ0n) is 11.7. The first kappa shape index (κ1) is 15.4. The van der Waals surface area contributed by atoms with Crippen molar-refractivity contribution in [3.63, 3.8) is 0 Å². The minimum absolute atomic E-state index is 0.184. The molecule has 1 amide bonds. The Labute approximate surface area is 121 Å². The largest absolute Gasteiger partial charge is 0.481 e. The van der Waals surface area contributed by atoms with Gasteiger partial charge in [0, 0.05) is 19.0 Å². The lowest BCUT2D eigenvalue weighted by Gasteiger charge is -2.33. The Morgan fingerprint density at radius 3 is 2.48 bits per heavy atom. The summed E-state index contributed by atoms with van der Waals surface area (Å²) in [6.07, 6.45) is 1.02. The van der Waals surface area contributed by atoms with Crippen LogP contribution < -0.4 is 0 Å². The molecule has 114 valence electrons. The van der Waals surface area contributed by atoms with Gasteiger partial charge >= 0.3 is 5.97 Å². The topological polar surface area (TPSA) is 57.6 Å². The SMILES string of the molecule is CCN1C(=O)CCCC(C(=O)O)C1c1cc(F)cc(F)c1. The van der Waals surface area contributed by atoms with Crippen LogP contribution in [0.5, 0.6) is 0 Å². The molecule has 0 aliphatic carbocycles. The summed E-state index contributed by atoms with van der Waals surface area (Å²) in [4.78, 5) is 25.0. The highest BCUT2D eigenvalue weighted by atomic mass is 19.1. The van der Waals surface area contributed by atoms with Gasteiger partial charge in [0.2, 0.25) is 5.91 Å². The molecule has 0 bridgehead atoms. The van der Waals surface area contributed by atoms with Gasteiger partial charge in [0.15, 0.2) is 0 Å². The molecular formula is C15H17F2NO3. The van der Waals surface area contributed by atoms with Gasteiger partial charge in [-0.05, 0) is 37.5 Å². The van der Waals surface area contributed by atoms with Crippen LogP contribution in [0.1, 0.15) is 37.8 Å². The Morgan fingerprint density at radius 1 is 1.33 bits per heavy atom. The number of amides is 1. The maximum atomic E-state index is 13.5. The normalized spacial score (nSPS) is 23.0. The lowest BCUT2D eigenvalue weighted by molar-refractivity contribution is -0.146. The van der Waals surface area contributed by atoms with Crippen LogP contribution in [0.3, 0.4) is 0 Å². The summed E-state index contributed by atoms with van der Waals surface area (Å²) < 4.78 is 26.9. The molecule has 1 saturated heterocycles. The zero-order valence-corrected chi connectivity index (χ0v) is 11.7. The van der Waals surface area contributed by atoms with Crippen LogP contribution in [0.4, 0.5) is 8.78 Å². The van der Waals surface area contributed by atoms with E-state index in [0.717, 1.165) is 18.2 Å². The number of carbonyl (C=O) groups excluding carboxylic acids is 1. The van der Waals surface area contributed by atoms with Gasteiger partial charge in [0.05, 0.1) is 12.0 Å². The van der Waals surface area contributed by atoms with Crippen molar-refractivity contribution in [1.29, 1.82) is 0 Å². The molecule has 2 unspecified atom stereocenters. The number of halogens is 2. The summed E-state index contributed by atoms with van der Waals surface area (Å²) in [7, 11) is 0. The van der Waals surface area contributed by atoms with E-state index in [9.17, 15) is 23.5 Å². The number of carbonyl (C=O) groups is 2. The zero-order chi connectivity index (χ0) is 15.6.